The van der Waals surface area contributed by atoms with E-state index in [-0.39, 0.29) is 28.2 Å². The number of fused-ring (bicyclic) bond motifs is 1. The topological polar surface area (TPSA) is 98.0 Å². The molecule has 0 aliphatic carbocycles. The maximum atomic E-state index is 12.6. The van der Waals surface area contributed by atoms with Crippen LogP contribution in [0.1, 0.15) is 5.56 Å². The highest BCUT2D eigenvalue weighted by Crippen LogP contribution is 2.23. The van der Waals surface area contributed by atoms with Crippen molar-refractivity contribution >= 4 is 39.8 Å². The van der Waals surface area contributed by atoms with Gasteiger partial charge in [0.15, 0.2) is 0 Å². The molecule has 0 atom stereocenters. The van der Waals surface area contributed by atoms with Crippen LogP contribution in [0, 0.1) is 10.1 Å². The number of benzene rings is 2. The first-order chi connectivity index (χ1) is 11.4. The van der Waals surface area contributed by atoms with Crippen LogP contribution in [0.25, 0.3) is 10.9 Å². The lowest BCUT2D eigenvalue weighted by Gasteiger charge is -2.08. The maximum Gasteiger partial charge on any atom is 0.329 e. The number of hydrogen-bond donors (Lipinski definition) is 1. The van der Waals surface area contributed by atoms with Gasteiger partial charge in [-0.3, -0.25) is 19.5 Å². The van der Waals surface area contributed by atoms with Crippen molar-refractivity contribution in [1.29, 1.82) is 0 Å². The van der Waals surface area contributed by atoms with Crippen LogP contribution in [0.2, 0.25) is 10.0 Å². The standard InChI is InChI=1S/C15H9Cl2N3O4/c16-9-5-11(17)13-12(6-9)18-15(22)19(14(13)21)7-8-1-3-10(4-2-8)20(23)24/h1-6H,7H2,(H,18,22). The smallest absolute Gasteiger partial charge is 0.307 e. The number of nitro groups is 1. The number of nitrogens with one attached hydrogen (secondary N) is 1. The van der Waals surface area contributed by atoms with Crippen molar-refractivity contribution < 1.29 is 4.92 Å². The van der Waals surface area contributed by atoms with Crippen LogP contribution in [-0.4, -0.2) is 14.5 Å². The third kappa shape index (κ3) is 2.91. The minimum absolute atomic E-state index is 0.0406. The molecular formula is C15H9Cl2N3O4. The lowest BCUT2D eigenvalue weighted by atomic mass is 10.2. The van der Waals surface area contributed by atoms with Crippen LogP contribution in [-0.2, 0) is 6.54 Å². The number of aromatic nitrogens is 2. The van der Waals surface area contributed by atoms with Gasteiger partial charge in [0.2, 0.25) is 0 Å². The van der Waals surface area contributed by atoms with Crippen LogP contribution in [0.3, 0.4) is 0 Å². The van der Waals surface area contributed by atoms with E-state index in [0.717, 1.165) is 4.57 Å². The molecule has 0 radical (unpaired) electrons. The molecule has 24 heavy (non-hydrogen) atoms. The van der Waals surface area contributed by atoms with Crippen LogP contribution in [0.15, 0.2) is 46.0 Å². The highest BCUT2D eigenvalue weighted by molar-refractivity contribution is 6.38. The van der Waals surface area contributed by atoms with Crippen molar-refractivity contribution in [2.24, 2.45) is 0 Å². The van der Waals surface area contributed by atoms with E-state index >= 15 is 0 Å². The van der Waals surface area contributed by atoms with Crippen LogP contribution >= 0.6 is 23.2 Å². The second kappa shape index (κ2) is 6.10. The molecule has 7 nitrogen and oxygen atoms in total. The highest BCUT2D eigenvalue weighted by atomic mass is 35.5. The molecule has 0 bridgehead atoms. The summed E-state index contributed by atoms with van der Waals surface area (Å²) in [6.07, 6.45) is 0. The van der Waals surface area contributed by atoms with Gasteiger partial charge in [-0.2, -0.15) is 0 Å². The van der Waals surface area contributed by atoms with E-state index in [1.165, 1.54) is 36.4 Å². The summed E-state index contributed by atoms with van der Waals surface area (Å²) < 4.78 is 0.975. The Balaban J connectivity index is 2.11. The van der Waals surface area contributed by atoms with Gasteiger partial charge in [-0.1, -0.05) is 35.3 Å². The zero-order chi connectivity index (χ0) is 17.4. The number of aromatic amines is 1. The molecule has 0 amide bonds. The van der Waals surface area contributed by atoms with Gasteiger partial charge in [0.1, 0.15) is 0 Å². The SMILES string of the molecule is O=c1[nH]c2cc(Cl)cc(Cl)c2c(=O)n1Cc1ccc([N+](=O)[O-])cc1. The van der Waals surface area contributed by atoms with E-state index in [1.807, 2.05) is 0 Å². The van der Waals surface area contributed by atoms with Crippen LogP contribution in [0.5, 0.6) is 0 Å². The Kier molecular flexibility index (Phi) is 4.13. The molecule has 9 heteroatoms. The second-order valence-corrected chi connectivity index (χ2v) is 5.90. The molecule has 0 fully saturated rings. The summed E-state index contributed by atoms with van der Waals surface area (Å²) >= 11 is 11.9. The molecule has 1 heterocycles. The summed E-state index contributed by atoms with van der Waals surface area (Å²) in [5.41, 5.74) is -0.436. The van der Waals surface area contributed by atoms with Crippen molar-refractivity contribution in [1.82, 2.24) is 9.55 Å². The molecule has 0 aliphatic rings. The Morgan fingerprint density at radius 1 is 1.12 bits per heavy atom. The largest absolute Gasteiger partial charge is 0.329 e. The van der Waals surface area contributed by atoms with E-state index in [9.17, 15) is 19.7 Å². The van der Waals surface area contributed by atoms with Crippen molar-refractivity contribution in [3.63, 3.8) is 0 Å². The van der Waals surface area contributed by atoms with Gasteiger partial charge in [0, 0.05) is 17.2 Å². The van der Waals surface area contributed by atoms with E-state index in [2.05, 4.69) is 4.98 Å². The fourth-order valence-corrected chi connectivity index (χ4v) is 2.92. The molecule has 0 unspecified atom stereocenters. The van der Waals surface area contributed by atoms with E-state index in [1.54, 1.807) is 0 Å². The zero-order valence-electron chi connectivity index (χ0n) is 12.0. The molecule has 0 spiro atoms. The number of nitrogens with zero attached hydrogens (tertiary/aromatic N) is 2. The van der Waals surface area contributed by atoms with E-state index < -0.39 is 16.2 Å². The summed E-state index contributed by atoms with van der Waals surface area (Å²) in [6.45, 7) is -0.0406. The number of nitro benzene ring substituents is 1. The van der Waals surface area contributed by atoms with Crippen molar-refractivity contribution in [3.8, 4) is 0 Å². The highest BCUT2D eigenvalue weighted by Gasteiger charge is 2.13. The van der Waals surface area contributed by atoms with Gasteiger partial charge in [0.05, 0.1) is 27.4 Å². The van der Waals surface area contributed by atoms with E-state index in [4.69, 9.17) is 23.2 Å². The lowest BCUT2D eigenvalue weighted by molar-refractivity contribution is -0.384. The minimum Gasteiger partial charge on any atom is -0.307 e. The lowest BCUT2D eigenvalue weighted by Crippen LogP contribution is -2.35. The minimum atomic E-state index is -0.621. The van der Waals surface area contributed by atoms with Crippen LogP contribution in [0.4, 0.5) is 5.69 Å². The zero-order valence-corrected chi connectivity index (χ0v) is 13.5. The Morgan fingerprint density at radius 2 is 1.79 bits per heavy atom. The van der Waals surface area contributed by atoms with Gasteiger partial charge in [-0.15, -0.1) is 0 Å². The molecule has 0 aliphatic heterocycles. The normalized spacial score (nSPS) is 10.9. The number of hydrogen-bond acceptors (Lipinski definition) is 4. The monoisotopic (exact) mass is 365 g/mol. The summed E-state index contributed by atoms with van der Waals surface area (Å²) in [5.74, 6) is 0. The first-order valence-electron chi connectivity index (χ1n) is 6.72. The number of H-pyrrole nitrogens is 1. The summed E-state index contributed by atoms with van der Waals surface area (Å²) in [4.78, 5) is 37.4. The van der Waals surface area contributed by atoms with E-state index in [0.29, 0.717) is 10.6 Å². The van der Waals surface area contributed by atoms with Gasteiger partial charge in [-0.05, 0) is 17.7 Å². The second-order valence-electron chi connectivity index (χ2n) is 5.06. The van der Waals surface area contributed by atoms with Crippen molar-refractivity contribution in [3.05, 3.63) is 83.0 Å². The first kappa shape index (κ1) is 16.2. The summed E-state index contributed by atoms with van der Waals surface area (Å²) in [6, 6.07) is 8.45. The fraction of sp³-hybridized carbons (Fsp3) is 0.0667. The van der Waals surface area contributed by atoms with Crippen LogP contribution < -0.4 is 11.2 Å². The summed E-state index contributed by atoms with van der Waals surface area (Å²) in [7, 11) is 0. The Bertz CT molecular complexity index is 1070. The number of halogens is 2. The molecule has 0 saturated carbocycles. The van der Waals surface area contributed by atoms with Gasteiger partial charge in [0.25, 0.3) is 11.2 Å². The molecule has 3 rings (SSSR count). The fourth-order valence-electron chi connectivity index (χ4n) is 2.35. The molecule has 122 valence electrons. The quantitative estimate of drug-likeness (QED) is 0.569. The third-order valence-corrected chi connectivity index (χ3v) is 4.00. The Labute approximate surface area is 144 Å². The predicted octanol–water partition coefficient (Wildman–Crippen LogP) is 2.95. The molecule has 0 saturated heterocycles. The van der Waals surface area contributed by atoms with Crippen molar-refractivity contribution in [2.45, 2.75) is 6.54 Å². The van der Waals surface area contributed by atoms with Gasteiger partial charge < -0.3 is 4.98 Å². The van der Waals surface area contributed by atoms with Gasteiger partial charge in [-0.25, -0.2) is 4.79 Å². The molecule has 1 aromatic heterocycles. The Hall–Kier alpha value is -2.64. The average Bonchev–Trinajstić information content (AvgIpc) is 2.50. The molecular weight excluding hydrogens is 357 g/mol. The molecule has 3 aromatic rings. The number of non-ortho nitro benzene ring substituents is 1. The molecule has 1 N–H and O–H groups in total. The van der Waals surface area contributed by atoms with Crippen molar-refractivity contribution in [2.75, 3.05) is 0 Å². The molecule has 2 aromatic carbocycles. The van der Waals surface area contributed by atoms with Gasteiger partial charge >= 0.3 is 5.69 Å². The predicted molar refractivity (Wildman–Crippen MR) is 91.0 cm³/mol. The number of rotatable bonds is 3. The first-order valence-corrected chi connectivity index (χ1v) is 7.47. The maximum absolute atomic E-state index is 12.6. The summed E-state index contributed by atoms with van der Waals surface area (Å²) in [5, 5.41) is 11.3. The average molecular weight is 366 g/mol. The Morgan fingerprint density at radius 3 is 2.42 bits per heavy atom. The third-order valence-electron chi connectivity index (χ3n) is 3.49.